The Hall–Kier alpha value is -1.51. The number of carbonyl (C=O) groups excluding carboxylic acids is 2. The molecule has 0 aromatic carbocycles. The molecule has 8 heteroatoms. The standard InChI is InChI=1S/C14H15N3O3S2/c18-12-10-21-14(19)17(12)7-1-2-9-22(20)13-5-3-4-11-15-6-8-16(11)13/h3-6,8H,1-2,7,9-10H2. The molecule has 3 heterocycles. The Morgan fingerprint density at radius 1 is 1.32 bits per heavy atom. The molecule has 0 saturated carbocycles. The molecule has 0 N–H and O–H groups in total. The van der Waals surface area contributed by atoms with Gasteiger partial charge in [-0.25, -0.2) is 4.98 Å². The third-order valence-corrected chi connectivity index (χ3v) is 5.74. The highest BCUT2D eigenvalue weighted by Crippen LogP contribution is 2.20. The molecule has 2 aromatic heterocycles. The summed E-state index contributed by atoms with van der Waals surface area (Å²) in [6.07, 6.45) is 4.84. The van der Waals surface area contributed by atoms with Crippen LogP contribution in [0.15, 0.2) is 35.6 Å². The quantitative estimate of drug-likeness (QED) is 0.594. The lowest BCUT2D eigenvalue weighted by atomic mass is 10.3. The number of nitrogens with zero attached hydrogens (tertiary/aromatic N) is 3. The molecule has 3 rings (SSSR count). The molecule has 1 unspecified atom stereocenters. The summed E-state index contributed by atoms with van der Waals surface area (Å²) >= 11 is -0.0832. The fraction of sp³-hybridized carbons (Fsp3) is 0.357. The molecule has 1 atom stereocenters. The van der Waals surface area contributed by atoms with E-state index in [9.17, 15) is 14.1 Å². The Labute approximate surface area is 135 Å². The topological polar surface area (TPSA) is 77.7 Å². The van der Waals surface area contributed by atoms with E-state index in [-0.39, 0.29) is 16.9 Å². The van der Waals surface area contributed by atoms with Gasteiger partial charge in [-0.3, -0.25) is 18.9 Å². The van der Waals surface area contributed by atoms with Crippen molar-refractivity contribution < 1.29 is 14.1 Å². The van der Waals surface area contributed by atoms with Crippen LogP contribution in [0.3, 0.4) is 0 Å². The van der Waals surface area contributed by atoms with Crippen molar-refractivity contribution >= 4 is 39.7 Å². The van der Waals surface area contributed by atoms with Gasteiger partial charge in [-0.2, -0.15) is 0 Å². The van der Waals surface area contributed by atoms with E-state index in [1.165, 1.54) is 4.90 Å². The van der Waals surface area contributed by atoms with Crippen molar-refractivity contribution in [2.75, 3.05) is 18.1 Å². The Balaban J connectivity index is 1.52. The van der Waals surface area contributed by atoms with Crippen LogP contribution in [0.4, 0.5) is 4.79 Å². The van der Waals surface area contributed by atoms with E-state index in [0.29, 0.717) is 25.1 Å². The second kappa shape index (κ2) is 6.72. The smallest absolute Gasteiger partial charge is 0.288 e. The second-order valence-electron chi connectivity index (χ2n) is 4.88. The van der Waals surface area contributed by atoms with Gasteiger partial charge in [-0.1, -0.05) is 17.8 Å². The summed E-state index contributed by atoms with van der Waals surface area (Å²) in [5, 5.41) is 0.549. The van der Waals surface area contributed by atoms with Crippen LogP contribution >= 0.6 is 11.8 Å². The fourth-order valence-corrected chi connectivity index (χ4v) is 4.34. The first-order chi connectivity index (χ1) is 10.7. The molecular weight excluding hydrogens is 322 g/mol. The first-order valence-corrected chi connectivity index (χ1v) is 9.25. The number of fused-ring (bicyclic) bond motifs is 1. The van der Waals surface area contributed by atoms with Gasteiger partial charge in [0, 0.05) is 36.2 Å². The van der Waals surface area contributed by atoms with Crippen molar-refractivity contribution in [2.45, 2.75) is 17.9 Å². The monoisotopic (exact) mass is 337 g/mol. The summed E-state index contributed by atoms with van der Waals surface area (Å²) in [6, 6.07) is 5.53. The van der Waals surface area contributed by atoms with Crippen LogP contribution in [0.25, 0.3) is 5.65 Å². The molecule has 1 aliphatic rings. The summed E-state index contributed by atoms with van der Waals surface area (Å²) in [5.41, 5.74) is 0.774. The maximum atomic E-state index is 12.4. The van der Waals surface area contributed by atoms with Gasteiger partial charge >= 0.3 is 0 Å². The number of rotatable bonds is 6. The van der Waals surface area contributed by atoms with Crippen molar-refractivity contribution in [2.24, 2.45) is 0 Å². The van der Waals surface area contributed by atoms with E-state index < -0.39 is 11.2 Å². The molecule has 2 amide bonds. The van der Waals surface area contributed by atoms with E-state index >= 15 is 0 Å². The third kappa shape index (κ3) is 3.13. The highest BCUT2D eigenvalue weighted by atomic mass is 32.2. The fourth-order valence-electron chi connectivity index (χ4n) is 2.31. The van der Waals surface area contributed by atoms with Gasteiger partial charge in [0.2, 0.25) is 10.9 Å². The number of aromatic nitrogens is 2. The van der Waals surface area contributed by atoms with E-state index in [4.69, 9.17) is 0 Å². The van der Waals surface area contributed by atoms with Gasteiger partial charge in [0.1, 0.15) is 11.4 Å². The SMILES string of the molecule is O=C1CSC(=O)N1CCCC[S+]([O-])c1cccc2nccn12. The predicted octanol–water partition coefficient (Wildman–Crippen LogP) is 1.92. The van der Waals surface area contributed by atoms with Gasteiger partial charge in [-0.15, -0.1) is 0 Å². The zero-order chi connectivity index (χ0) is 15.5. The Morgan fingerprint density at radius 3 is 2.95 bits per heavy atom. The first kappa shape index (κ1) is 15.4. The molecule has 0 radical (unpaired) electrons. The number of pyridine rings is 1. The number of unbranched alkanes of at least 4 members (excludes halogenated alkanes) is 1. The van der Waals surface area contributed by atoms with Gasteiger partial charge in [0.05, 0.1) is 5.75 Å². The number of hydrogen-bond acceptors (Lipinski definition) is 5. The summed E-state index contributed by atoms with van der Waals surface area (Å²) < 4.78 is 14.2. The lowest BCUT2D eigenvalue weighted by Crippen LogP contribution is -2.29. The largest absolute Gasteiger partial charge is 0.610 e. The van der Waals surface area contributed by atoms with Gasteiger partial charge in [-0.05, 0) is 18.9 Å². The zero-order valence-corrected chi connectivity index (χ0v) is 13.4. The maximum absolute atomic E-state index is 12.4. The molecule has 1 fully saturated rings. The van der Waals surface area contributed by atoms with Crippen LogP contribution in [-0.4, -0.2) is 48.0 Å². The summed E-state index contributed by atoms with van der Waals surface area (Å²) in [6.45, 7) is 0.414. The minimum Gasteiger partial charge on any atom is -0.610 e. The molecule has 0 spiro atoms. The molecule has 116 valence electrons. The Morgan fingerprint density at radius 2 is 2.18 bits per heavy atom. The first-order valence-electron chi connectivity index (χ1n) is 6.94. The lowest BCUT2D eigenvalue weighted by molar-refractivity contribution is -0.124. The van der Waals surface area contributed by atoms with Crippen LogP contribution in [0.1, 0.15) is 12.8 Å². The Bertz CT molecular complexity index is 687. The molecule has 0 aliphatic carbocycles. The van der Waals surface area contributed by atoms with Crippen LogP contribution in [0.2, 0.25) is 0 Å². The predicted molar refractivity (Wildman–Crippen MR) is 85.3 cm³/mol. The van der Waals surface area contributed by atoms with E-state index in [0.717, 1.165) is 22.4 Å². The van der Waals surface area contributed by atoms with Gasteiger partial charge < -0.3 is 4.55 Å². The van der Waals surface area contributed by atoms with Crippen LogP contribution in [0, 0.1) is 0 Å². The van der Waals surface area contributed by atoms with E-state index in [2.05, 4.69) is 4.98 Å². The number of imide groups is 1. The average molecular weight is 337 g/mol. The summed E-state index contributed by atoms with van der Waals surface area (Å²) in [4.78, 5) is 28.4. The average Bonchev–Trinajstić information content (AvgIpc) is 3.11. The summed E-state index contributed by atoms with van der Waals surface area (Å²) in [5.74, 6) is 0.618. The minimum atomic E-state index is -1.13. The van der Waals surface area contributed by atoms with E-state index in [1.807, 2.05) is 22.6 Å². The van der Waals surface area contributed by atoms with Crippen LogP contribution < -0.4 is 0 Å². The molecule has 0 bridgehead atoms. The number of imidazole rings is 1. The molecule has 22 heavy (non-hydrogen) atoms. The van der Waals surface area contributed by atoms with Crippen molar-refractivity contribution in [3.8, 4) is 0 Å². The molecule has 1 saturated heterocycles. The number of amides is 2. The summed E-state index contributed by atoms with van der Waals surface area (Å²) in [7, 11) is 0. The van der Waals surface area contributed by atoms with Crippen molar-refractivity contribution in [1.82, 2.24) is 14.3 Å². The lowest BCUT2D eigenvalue weighted by Gasteiger charge is -2.14. The third-order valence-electron chi connectivity index (χ3n) is 3.43. The zero-order valence-electron chi connectivity index (χ0n) is 11.8. The molecule has 2 aromatic rings. The molecule has 1 aliphatic heterocycles. The number of hydrogen-bond donors (Lipinski definition) is 0. The van der Waals surface area contributed by atoms with Crippen molar-refractivity contribution in [3.63, 3.8) is 0 Å². The highest BCUT2D eigenvalue weighted by Gasteiger charge is 2.29. The second-order valence-corrected chi connectivity index (χ2v) is 7.32. The normalized spacial score (nSPS) is 16.7. The van der Waals surface area contributed by atoms with Crippen LogP contribution in [0.5, 0.6) is 0 Å². The molecular formula is C14H15N3O3S2. The number of thioether (sulfide) groups is 1. The van der Waals surface area contributed by atoms with Crippen molar-refractivity contribution in [1.29, 1.82) is 0 Å². The minimum absolute atomic E-state index is 0.126. The van der Waals surface area contributed by atoms with E-state index in [1.54, 1.807) is 12.4 Å². The van der Waals surface area contributed by atoms with Crippen LogP contribution in [-0.2, 0) is 16.0 Å². The number of carbonyl (C=O) groups is 2. The Kier molecular flexibility index (Phi) is 4.70. The van der Waals surface area contributed by atoms with Crippen molar-refractivity contribution in [3.05, 3.63) is 30.6 Å². The van der Waals surface area contributed by atoms with Gasteiger partial charge in [0.15, 0.2) is 0 Å². The highest BCUT2D eigenvalue weighted by molar-refractivity contribution is 8.14. The van der Waals surface area contributed by atoms with Gasteiger partial charge in [0.25, 0.3) is 5.24 Å². The maximum Gasteiger partial charge on any atom is 0.288 e. The molecule has 6 nitrogen and oxygen atoms in total.